The van der Waals surface area contributed by atoms with Crippen molar-refractivity contribution in [1.82, 2.24) is 4.72 Å². The molecule has 0 aliphatic heterocycles. The number of carbonyl (C=O) groups is 1. The number of unbranched alkanes of at least 4 members (excludes halogenated alkanes) is 2. The summed E-state index contributed by atoms with van der Waals surface area (Å²) in [6.45, 7) is 2.88. The molecule has 0 aliphatic carbocycles. The van der Waals surface area contributed by atoms with Crippen LogP contribution in [-0.2, 0) is 16.6 Å². The Morgan fingerprint density at radius 1 is 0.875 bits per heavy atom. The summed E-state index contributed by atoms with van der Waals surface area (Å²) in [5.41, 5.74) is 1.80. The van der Waals surface area contributed by atoms with Gasteiger partial charge in [-0.25, -0.2) is 13.1 Å². The molecule has 0 fully saturated rings. The quantitative estimate of drug-likeness (QED) is 0.402. The molecule has 3 aromatic rings. The van der Waals surface area contributed by atoms with Gasteiger partial charge in [0.1, 0.15) is 5.75 Å². The maximum Gasteiger partial charge on any atom is 0.259 e. The van der Waals surface area contributed by atoms with Crippen molar-refractivity contribution in [1.29, 1.82) is 0 Å². The van der Waals surface area contributed by atoms with Gasteiger partial charge in [0.2, 0.25) is 10.0 Å². The molecule has 0 aliphatic rings. The highest BCUT2D eigenvalue weighted by Crippen LogP contribution is 2.21. The minimum atomic E-state index is -3.66. The summed E-state index contributed by atoms with van der Waals surface area (Å²) < 4.78 is 33.4. The molecule has 0 aromatic heterocycles. The van der Waals surface area contributed by atoms with Gasteiger partial charge in [-0.3, -0.25) is 4.79 Å². The van der Waals surface area contributed by atoms with E-state index >= 15 is 0 Å². The van der Waals surface area contributed by atoms with Crippen molar-refractivity contribution >= 4 is 21.6 Å². The van der Waals surface area contributed by atoms with Gasteiger partial charge in [0.05, 0.1) is 17.1 Å². The summed E-state index contributed by atoms with van der Waals surface area (Å²) >= 11 is 0. The van der Waals surface area contributed by atoms with Gasteiger partial charge in [-0.1, -0.05) is 62.2 Å². The Balaban J connectivity index is 1.62. The summed E-state index contributed by atoms with van der Waals surface area (Å²) in [4.78, 5) is 12.9. The van der Waals surface area contributed by atoms with Crippen LogP contribution in [0.5, 0.6) is 5.75 Å². The Kier molecular flexibility index (Phi) is 8.41. The average molecular weight is 453 g/mol. The molecule has 7 heteroatoms. The molecule has 0 unspecified atom stereocenters. The first-order valence-corrected chi connectivity index (χ1v) is 12.1. The van der Waals surface area contributed by atoms with E-state index in [1.807, 2.05) is 36.4 Å². The highest BCUT2D eigenvalue weighted by atomic mass is 32.2. The van der Waals surface area contributed by atoms with Crippen molar-refractivity contribution < 1.29 is 17.9 Å². The molecule has 0 saturated carbocycles. The maximum absolute atomic E-state index is 12.7. The highest BCUT2D eigenvalue weighted by molar-refractivity contribution is 7.89. The molecule has 3 aromatic carbocycles. The van der Waals surface area contributed by atoms with E-state index in [1.54, 1.807) is 30.3 Å². The number of para-hydroxylation sites is 1. The van der Waals surface area contributed by atoms with E-state index in [9.17, 15) is 13.2 Å². The first kappa shape index (κ1) is 23.5. The number of sulfonamides is 1. The lowest BCUT2D eigenvalue weighted by Gasteiger charge is -2.12. The van der Waals surface area contributed by atoms with Gasteiger partial charge >= 0.3 is 0 Å². The number of nitrogens with one attached hydrogen (secondary N) is 2. The van der Waals surface area contributed by atoms with Crippen molar-refractivity contribution in [2.75, 3.05) is 11.9 Å². The van der Waals surface area contributed by atoms with Gasteiger partial charge in [0.25, 0.3) is 5.91 Å². The molecular weight excluding hydrogens is 424 g/mol. The highest BCUT2D eigenvalue weighted by Gasteiger charge is 2.15. The Morgan fingerprint density at radius 2 is 1.56 bits per heavy atom. The summed E-state index contributed by atoms with van der Waals surface area (Å²) in [6, 6.07) is 22.5. The van der Waals surface area contributed by atoms with Crippen LogP contribution in [0.1, 0.15) is 42.1 Å². The SMILES string of the molecule is CCCCCOc1ccccc1C(=O)Nc1ccc(S(=O)(=O)NCc2ccccc2)cc1. The van der Waals surface area contributed by atoms with E-state index in [-0.39, 0.29) is 17.3 Å². The largest absolute Gasteiger partial charge is 0.493 e. The third-order valence-corrected chi connectivity index (χ3v) is 6.29. The van der Waals surface area contributed by atoms with Crippen molar-refractivity contribution in [2.45, 2.75) is 37.6 Å². The number of ether oxygens (including phenoxy) is 1. The van der Waals surface area contributed by atoms with E-state index < -0.39 is 10.0 Å². The van der Waals surface area contributed by atoms with Crippen LogP contribution in [-0.4, -0.2) is 20.9 Å². The zero-order valence-electron chi connectivity index (χ0n) is 18.1. The molecule has 3 rings (SSSR count). The van der Waals surface area contributed by atoms with Gasteiger partial charge < -0.3 is 10.1 Å². The van der Waals surface area contributed by atoms with E-state index in [1.165, 1.54) is 12.1 Å². The van der Waals surface area contributed by atoms with Crippen LogP contribution in [0.25, 0.3) is 0 Å². The lowest BCUT2D eigenvalue weighted by atomic mass is 10.2. The summed E-state index contributed by atoms with van der Waals surface area (Å²) in [7, 11) is -3.66. The monoisotopic (exact) mass is 452 g/mol. The second-order valence-electron chi connectivity index (χ2n) is 7.34. The normalized spacial score (nSPS) is 11.2. The predicted octanol–water partition coefficient (Wildman–Crippen LogP) is 4.99. The minimum absolute atomic E-state index is 0.131. The van der Waals surface area contributed by atoms with Crippen LogP contribution in [0.15, 0.2) is 83.8 Å². The molecule has 2 N–H and O–H groups in total. The molecule has 0 heterocycles. The second-order valence-corrected chi connectivity index (χ2v) is 9.11. The van der Waals surface area contributed by atoms with Crippen LogP contribution in [0, 0.1) is 0 Å². The maximum atomic E-state index is 12.7. The van der Waals surface area contributed by atoms with Crippen molar-refractivity contribution in [3.05, 3.63) is 90.0 Å². The molecule has 0 spiro atoms. The van der Waals surface area contributed by atoms with Crippen LogP contribution in [0.2, 0.25) is 0 Å². The average Bonchev–Trinajstić information content (AvgIpc) is 2.82. The summed E-state index contributed by atoms with van der Waals surface area (Å²) in [5, 5.41) is 2.80. The van der Waals surface area contributed by atoms with Gasteiger partial charge in [0, 0.05) is 12.2 Å². The molecule has 0 saturated heterocycles. The van der Waals surface area contributed by atoms with E-state index in [0.717, 1.165) is 24.8 Å². The van der Waals surface area contributed by atoms with Crippen molar-refractivity contribution in [2.24, 2.45) is 0 Å². The molecule has 32 heavy (non-hydrogen) atoms. The first-order valence-electron chi connectivity index (χ1n) is 10.7. The zero-order valence-corrected chi connectivity index (χ0v) is 18.9. The lowest BCUT2D eigenvalue weighted by Crippen LogP contribution is -2.23. The lowest BCUT2D eigenvalue weighted by molar-refractivity contribution is 0.102. The molecule has 0 bridgehead atoms. The number of hydrogen-bond acceptors (Lipinski definition) is 4. The van der Waals surface area contributed by atoms with Crippen molar-refractivity contribution in [3.63, 3.8) is 0 Å². The summed E-state index contributed by atoms with van der Waals surface area (Å²) in [6.07, 6.45) is 3.10. The molecular formula is C25H28N2O4S. The van der Waals surface area contributed by atoms with Crippen LogP contribution < -0.4 is 14.8 Å². The Hall–Kier alpha value is -3.16. The zero-order chi connectivity index (χ0) is 22.8. The van der Waals surface area contributed by atoms with Crippen LogP contribution in [0.4, 0.5) is 5.69 Å². The van der Waals surface area contributed by atoms with Gasteiger partial charge in [0.15, 0.2) is 0 Å². The fourth-order valence-corrected chi connectivity index (χ4v) is 4.11. The van der Waals surface area contributed by atoms with E-state index in [4.69, 9.17) is 4.74 Å². The number of rotatable bonds is 11. The first-order chi connectivity index (χ1) is 15.5. The minimum Gasteiger partial charge on any atom is -0.493 e. The number of carbonyl (C=O) groups excluding carboxylic acids is 1. The Labute approximate surface area is 189 Å². The summed E-state index contributed by atoms with van der Waals surface area (Å²) in [5.74, 6) is 0.222. The van der Waals surface area contributed by atoms with E-state index in [2.05, 4.69) is 17.0 Å². The fourth-order valence-electron chi connectivity index (χ4n) is 3.09. The van der Waals surface area contributed by atoms with Crippen molar-refractivity contribution in [3.8, 4) is 5.75 Å². The number of amides is 1. The van der Waals surface area contributed by atoms with Crippen LogP contribution in [0.3, 0.4) is 0 Å². The van der Waals surface area contributed by atoms with Crippen LogP contribution >= 0.6 is 0 Å². The standard InChI is InChI=1S/C25H28N2O4S/c1-2-3-9-18-31-24-13-8-7-12-23(24)25(28)27-21-14-16-22(17-15-21)32(29,30)26-19-20-10-5-4-6-11-20/h4-8,10-17,26H,2-3,9,18-19H2,1H3,(H,27,28). The molecule has 1 amide bonds. The Bertz CT molecular complexity index is 1110. The van der Waals surface area contributed by atoms with Gasteiger partial charge in [-0.2, -0.15) is 0 Å². The number of benzene rings is 3. The van der Waals surface area contributed by atoms with Gasteiger partial charge in [-0.05, 0) is 48.4 Å². The van der Waals surface area contributed by atoms with E-state index in [0.29, 0.717) is 23.6 Å². The topological polar surface area (TPSA) is 84.5 Å². The fraction of sp³-hybridized carbons (Fsp3) is 0.240. The second kappa shape index (κ2) is 11.5. The number of anilines is 1. The molecule has 0 radical (unpaired) electrons. The number of hydrogen-bond donors (Lipinski definition) is 2. The predicted molar refractivity (Wildman–Crippen MR) is 126 cm³/mol. The third kappa shape index (κ3) is 6.67. The Morgan fingerprint density at radius 3 is 2.28 bits per heavy atom. The third-order valence-electron chi connectivity index (χ3n) is 4.87. The molecule has 0 atom stereocenters. The smallest absolute Gasteiger partial charge is 0.259 e. The van der Waals surface area contributed by atoms with Gasteiger partial charge in [-0.15, -0.1) is 0 Å². The molecule has 168 valence electrons. The molecule has 6 nitrogen and oxygen atoms in total.